The van der Waals surface area contributed by atoms with Gasteiger partial charge in [-0.2, -0.15) is 12.6 Å². The number of hydrogen-bond donors (Lipinski definition) is 10. The fourth-order valence-corrected chi connectivity index (χ4v) is 3.59. The zero-order chi connectivity index (χ0) is 28.1. The van der Waals surface area contributed by atoms with Crippen molar-refractivity contribution in [2.75, 3.05) is 12.3 Å². The zero-order valence-corrected chi connectivity index (χ0v) is 21.4. The molecule has 0 fully saturated rings. The molecule has 2 aromatic rings. The van der Waals surface area contributed by atoms with E-state index in [1.807, 2.05) is 0 Å². The third kappa shape index (κ3) is 10.1. The van der Waals surface area contributed by atoms with Crippen LogP contribution in [-0.2, 0) is 32.0 Å². The molecule has 0 aromatic carbocycles. The first kappa shape index (κ1) is 30.1. The number of nitrogens with one attached hydrogen (secondary N) is 5. The number of carbonyl (C=O) groups excluding carboxylic acids is 3. The number of aliphatic carboxylic acids is 1. The summed E-state index contributed by atoms with van der Waals surface area (Å²) in [6.45, 7) is 0.201. The first-order chi connectivity index (χ1) is 18.1. The Morgan fingerprint density at radius 3 is 2.00 bits per heavy atom. The van der Waals surface area contributed by atoms with Crippen LogP contribution in [0, 0.1) is 0 Å². The Balaban J connectivity index is 2.05. The van der Waals surface area contributed by atoms with Gasteiger partial charge in [0.25, 0.3) is 0 Å². The average molecular weight is 552 g/mol. The maximum Gasteiger partial charge on any atom is 0.326 e. The number of carboxylic acid groups (broad SMARTS) is 1. The maximum absolute atomic E-state index is 13.1. The Bertz CT molecular complexity index is 1070. The summed E-state index contributed by atoms with van der Waals surface area (Å²) in [4.78, 5) is 67.4. The molecule has 0 saturated carbocycles. The van der Waals surface area contributed by atoms with Gasteiger partial charge in [0.1, 0.15) is 18.1 Å². The van der Waals surface area contributed by atoms with E-state index in [1.165, 1.54) is 25.0 Å². The van der Waals surface area contributed by atoms with Crippen molar-refractivity contribution in [2.45, 2.75) is 49.9 Å². The van der Waals surface area contributed by atoms with E-state index in [4.69, 9.17) is 17.2 Å². The molecule has 2 aromatic heterocycles. The Hall–Kier alpha value is -4.12. The van der Waals surface area contributed by atoms with Crippen LogP contribution in [0.1, 0.15) is 24.2 Å². The lowest BCUT2D eigenvalue weighted by Crippen LogP contribution is -2.58. The number of amides is 3. The van der Waals surface area contributed by atoms with Crippen molar-refractivity contribution >= 4 is 42.3 Å². The van der Waals surface area contributed by atoms with Crippen LogP contribution < -0.4 is 33.2 Å². The molecular formula is C21H33N11O5S. The summed E-state index contributed by atoms with van der Waals surface area (Å²) in [5.74, 6) is -3.57. The number of aromatic amines is 2. The van der Waals surface area contributed by atoms with Gasteiger partial charge in [-0.15, -0.1) is 0 Å². The topological polar surface area (TPSA) is 272 Å². The highest BCUT2D eigenvalue weighted by Crippen LogP contribution is 2.04. The van der Waals surface area contributed by atoms with Gasteiger partial charge in [-0.3, -0.25) is 19.4 Å². The molecule has 12 N–H and O–H groups in total. The van der Waals surface area contributed by atoms with Crippen LogP contribution >= 0.6 is 12.6 Å². The Labute approximate surface area is 223 Å². The monoisotopic (exact) mass is 551 g/mol. The smallest absolute Gasteiger partial charge is 0.326 e. The molecule has 4 unspecified atom stereocenters. The number of nitrogens with zero attached hydrogens (tertiary/aromatic N) is 3. The van der Waals surface area contributed by atoms with Gasteiger partial charge in [0.2, 0.25) is 17.7 Å². The average Bonchev–Trinajstić information content (AvgIpc) is 3.57. The van der Waals surface area contributed by atoms with Crippen molar-refractivity contribution in [3.05, 3.63) is 36.4 Å². The first-order valence-electron chi connectivity index (χ1n) is 11.6. The number of guanidine groups is 1. The minimum Gasteiger partial charge on any atom is -0.480 e. The second-order valence-corrected chi connectivity index (χ2v) is 8.69. The molecule has 17 heteroatoms. The number of imidazole rings is 2. The van der Waals surface area contributed by atoms with Crippen LogP contribution in [-0.4, -0.2) is 91.2 Å². The van der Waals surface area contributed by atoms with E-state index in [9.17, 15) is 24.3 Å². The number of H-pyrrole nitrogens is 2. The quantitative estimate of drug-likeness (QED) is 0.0431. The third-order valence-corrected chi connectivity index (χ3v) is 5.68. The lowest BCUT2D eigenvalue weighted by Gasteiger charge is -2.24. The molecular weight excluding hydrogens is 518 g/mol. The molecule has 0 aliphatic rings. The standard InChI is InChI=1S/C21H33N11O5S/c22-13(4-11-6-25-9-28-11)17(33)30-14(2-1-3-27-21(23)24)18(34)32-16(8-38)19(35)31-15(20(36)37)5-12-7-26-10-29-12/h6-7,9-10,13-16,38H,1-5,8,22H2,(H,25,28)(H,26,29)(H,30,33)(H,31,35)(H,32,34)(H,36,37)(H4,23,24,27). The van der Waals surface area contributed by atoms with E-state index in [-0.39, 0.29) is 37.5 Å². The Morgan fingerprint density at radius 2 is 1.47 bits per heavy atom. The van der Waals surface area contributed by atoms with Crippen LogP contribution in [0.3, 0.4) is 0 Å². The first-order valence-corrected chi connectivity index (χ1v) is 12.2. The van der Waals surface area contributed by atoms with Gasteiger partial charge in [0.15, 0.2) is 5.96 Å². The van der Waals surface area contributed by atoms with Crippen LogP contribution in [0.5, 0.6) is 0 Å². The number of nitrogens with two attached hydrogens (primary N) is 3. The van der Waals surface area contributed by atoms with Crippen molar-refractivity contribution < 1.29 is 24.3 Å². The lowest BCUT2D eigenvalue weighted by molar-refractivity contribution is -0.142. The minimum absolute atomic E-state index is 0.0496. The van der Waals surface area contributed by atoms with Crippen molar-refractivity contribution in [1.29, 1.82) is 0 Å². The number of hydrogen-bond acceptors (Lipinski definition) is 9. The maximum atomic E-state index is 13.1. The van der Waals surface area contributed by atoms with Gasteiger partial charge in [-0.1, -0.05) is 0 Å². The fraction of sp³-hybridized carbons (Fsp3) is 0.476. The normalized spacial score (nSPS) is 13.9. The SMILES string of the molecule is NC(N)=NCCCC(NC(=O)C(N)Cc1cnc[nH]1)C(=O)NC(CS)C(=O)NC(Cc1cnc[nH]1)C(=O)O. The second-order valence-electron chi connectivity index (χ2n) is 8.32. The van der Waals surface area contributed by atoms with Crippen molar-refractivity contribution in [2.24, 2.45) is 22.2 Å². The molecule has 3 amide bonds. The van der Waals surface area contributed by atoms with Crippen molar-refractivity contribution in [3.63, 3.8) is 0 Å². The highest BCUT2D eigenvalue weighted by Gasteiger charge is 2.30. The molecule has 0 saturated heterocycles. The fourth-order valence-electron chi connectivity index (χ4n) is 3.33. The van der Waals surface area contributed by atoms with Gasteiger partial charge in [0.05, 0.1) is 18.7 Å². The predicted molar refractivity (Wildman–Crippen MR) is 140 cm³/mol. The molecule has 208 valence electrons. The number of aromatic nitrogens is 4. The molecule has 0 bridgehead atoms. The minimum atomic E-state index is -1.28. The van der Waals surface area contributed by atoms with Gasteiger partial charge in [-0.25, -0.2) is 14.8 Å². The summed E-state index contributed by atoms with van der Waals surface area (Å²) in [6, 6.07) is -4.53. The molecule has 16 nitrogen and oxygen atoms in total. The molecule has 0 spiro atoms. The predicted octanol–water partition coefficient (Wildman–Crippen LogP) is -3.23. The van der Waals surface area contributed by atoms with E-state index in [0.29, 0.717) is 17.8 Å². The number of thiol groups is 1. The van der Waals surface area contributed by atoms with Crippen LogP contribution in [0.4, 0.5) is 0 Å². The van der Waals surface area contributed by atoms with E-state index in [1.54, 1.807) is 0 Å². The van der Waals surface area contributed by atoms with Crippen molar-refractivity contribution in [1.82, 2.24) is 35.9 Å². The van der Waals surface area contributed by atoms with Gasteiger partial charge in [0, 0.05) is 48.9 Å². The molecule has 4 atom stereocenters. The van der Waals surface area contributed by atoms with Crippen LogP contribution in [0.15, 0.2) is 30.0 Å². The van der Waals surface area contributed by atoms with E-state index >= 15 is 0 Å². The highest BCUT2D eigenvalue weighted by atomic mass is 32.1. The summed E-state index contributed by atoms with van der Waals surface area (Å²) in [7, 11) is 0. The highest BCUT2D eigenvalue weighted by molar-refractivity contribution is 7.80. The number of carboxylic acids is 1. The van der Waals surface area contributed by atoms with Gasteiger partial charge in [-0.05, 0) is 12.8 Å². The third-order valence-electron chi connectivity index (χ3n) is 5.32. The Kier molecular flexibility index (Phi) is 12.0. The summed E-state index contributed by atoms with van der Waals surface area (Å²) in [5.41, 5.74) is 17.8. The second kappa shape index (κ2) is 15.2. The molecule has 38 heavy (non-hydrogen) atoms. The lowest BCUT2D eigenvalue weighted by atomic mass is 10.1. The summed E-state index contributed by atoms with van der Waals surface area (Å²) >= 11 is 4.12. The molecule has 0 aliphatic carbocycles. The molecule has 2 rings (SSSR count). The largest absolute Gasteiger partial charge is 0.480 e. The van der Waals surface area contributed by atoms with Crippen molar-refractivity contribution in [3.8, 4) is 0 Å². The van der Waals surface area contributed by atoms with E-state index in [2.05, 4.69) is 53.5 Å². The van der Waals surface area contributed by atoms with Crippen LogP contribution in [0.2, 0.25) is 0 Å². The zero-order valence-electron chi connectivity index (χ0n) is 20.5. The molecule has 0 radical (unpaired) electrons. The summed E-state index contributed by atoms with van der Waals surface area (Å²) in [6.07, 6.45) is 6.36. The molecule has 0 aliphatic heterocycles. The Morgan fingerprint density at radius 1 is 0.921 bits per heavy atom. The summed E-state index contributed by atoms with van der Waals surface area (Å²) < 4.78 is 0. The number of aliphatic imine (C=N–C) groups is 1. The molecule has 2 heterocycles. The number of rotatable bonds is 16. The van der Waals surface area contributed by atoms with Gasteiger partial charge >= 0.3 is 5.97 Å². The number of carbonyl (C=O) groups is 4. The van der Waals surface area contributed by atoms with E-state index in [0.717, 1.165) is 0 Å². The summed E-state index contributed by atoms with van der Waals surface area (Å²) in [5, 5.41) is 17.0. The van der Waals surface area contributed by atoms with E-state index < -0.39 is 47.9 Å². The van der Waals surface area contributed by atoms with Crippen LogP contribution in [0.25, 0.3) is 0 Å². The van der Waals surface area contributed by atoms with Gasteiger partial charge < -0.3 is 48.2 Å².